The molecule has 5 nitrogen and oxygen atoms in total. The fourth-order valence-electron chi connectivity index (χ4n) is 0.352. The summed E-state index contributed by atoms with van der Waals surface area (Å²) in [5.41, 5.74) is -0.840. The molecule has 0 saturated heterocycles. The average molecular weight is 206 g/mol. The van der Waals surface area contributed by atoms with Crippen LogP contribution >= 0.6 is 8.60 Å². The average Bonchev–Trinajstić information content (AvgIpc) is 2.00. The van der Waals surface area contributed by atoms with E-state index in [1.165, 1.54) is 0 Å². The van der Waals surface area contributed by atoms with Gasteiger partial charge < -0.3 is 24.5 Å². The molecule has 0 aromatic heterocycles. The minimum absolute atomic E-state index is 0. The normalized spacial score (nSPS) is 13.8. The predicted molar refractivity (Wildman–Crippen MR) is 37.4 cm³/mol. The molecule has 0 heterocycles. The van der Waals surface area contributed by atoms with Crippen molar-refractivity contribution in [1.82, 2.24) is 0 Å². The Morgan fingerprint density at radius 3 is 2.08 bits per heavy atom. The second kappa shape index (κ2) is 7.62. The van der Waals surface area contributed by atoms with Gasteiger partial charge in [0.05, 0.1) is 28.4 Å². The van der Waals surface area contributed by atoms with Crippen LogP contribution in [0.3, 0.4) is 0 Å². The molecule has 0 saturated carbocycles. The monoisotopic (exact) mass is 206 g/mol. The van der Waals surface area contributed by atoms with Crippen LogP contribution in [0.4, 0.5) is 0 Å². The van der Waals surface area contributed by atoms with Gasteiger partial charge in [-0.3, -0.25) is 0 Å². The van der Waals surface area contributed by atoms with Crippen LogP contribution in [0.2, 0.25) is 0 Å². The molecule has 0 fully saturated rings. The third-order valence-electron chi connectivity index (χ3n) is 1.29. The van der Waals surface area contributed by atoms with Crippen molar-refractivity contribution in [3.63, 3.8) is 0 Å². The summed E-state index contributed by atoms with van der Waals surface area (Å²) in [5, 5.41) is 17.4. The van der Waals surface area contributed by atoms with Crippen molar-refractivity contribution < 1.29 is 54.1 Å². The Bertz CT molecular complexity index is 108. The maximum absolute atomic E-state index is 10.0. The zero-order chi connectivity index (χ0) is 8.91. The van der Waals surface area contributed by atoms with E-state index in [2.05, 4.69) is 4.52 Å². The molecule has 0 rings (SSSR count). The van der Waals surface area contributed by atoms with Crippen LogP contribution in [0, 0.1) is 5.41 Å². The Balaban J connectivity index is 0. The van der Waals surface area contributed by atoms with Crippen molar-refractivity contribution in [2.75, 3.05) is 19.8 Å². The smallest absolute Gasteiger partial charge is 0.786 e. The fraction of sp³-hybridized carbons (Fsp3) is 1.00. The molecule has 3 N–H and O–H groups in total. The van der Waals surface area contributed by atoms with Crippen molar-refractivity contribution in [2.45, 2.75) is 6.92 Å². The van der Waals surface area contributed by atoms with E-state index >= 15 is 0 Å². The van der Waals surface area contributed by atoms with Gasteiger partial charge in [-0.25, -0.2) is 0 Å². The van der Waals surface area contributed by atoms with Crippen molar-refractivity contribution >= 4 is 8.60 Å². The molecule has 0 aromatic rings. The fourth-order valence-corrected chi connectivity index (χ4v) is 0.774. The first-order valence-corrected chi connectivity index (χ1v) is 4.18. The van der Waals surface area contributed by atoms with E-state index in [1.807, 2.05) is 0 Å². The van der Waals surface area contributed by atoms with Gasteiger partial charge in [0.1, 0.15) is 0 Å². The molecule has 0 aliphatic carbocycles. The van der Waals surface area contributed by atoms with E-state index in [-0.39, 0.29) is 49.4 Å². The predicted octanol–water partition coefficient (Wildman–Crippen LogP) is -4.42. The first kappa shape index (κ1) is 15.7. The minimum Gasteiger partial charge on any atom is -0.786 e. The van der Waals surface area contributed by atoms with Crippen molar-refractivity contribution in [1.29, 1.82) is 0 Å². The summed E-state index contributed by atoms with van der Waals surface area (Å²) < 4.78 is 4.33. The van der Waals surface area contributed by atoms with Gasteiger partial charge in [-0.05, 0) is 0 Å². The molecule has 0 bridgehead atoms. The summed E-state index contributed by atoms with van der Waals surface area (Å²) in [7, 11) is -2.65. The summed E-state index contributed by atoms with van der Waals surface area (Å²) in [5.74, 6) is 0. The summed E-state index contributed by atoms with van der Waals surface area (Å²) in [6, 6.07) is 0. The van der Waals surface area contributed by atoms with Gasteiger partial charge in [-0.1, -0.05) is 6.92 Å². The number of hydrogen-bond acceptors (Lipinski definition) is 5. The zero-order valence-corrected chi connectivity index (χ0v) is 10.1. The van der Waals surface area contributed by atoms with E-state index in [0.29, 0.717) is 0 Å². The van der Waals surface area contributed by atoms with Crippen LogP contribution in [-0.2, 0) is 4.52 Å². The van der Waals surface area contributed by atoms with Gasteiger partial charge in [-0.15, -0.1) is 0 Å². The minimum atomic E-state index is -2.65. The third-order valence-corrected chi connectivity index (χ3v) is 1.64. The van der Waals surface area contributed by atoms with Gasteiger partial charge in [0, 0.05) is 5.41 Å². The van der Waals surface area contributed by atoms with Crippen LogP contribution < -0.4 is 34.5 Å². The number of aliphatic hydroxyl groups excluding tert-OH is 2. The summed E-state index contributed by atoms with van der Waals surface area (Å²) in [6.45, 7) is 0.844. The van der Waals surface area contributed by atoms with E-state index in [4.69, 9.17) is 15.1 Å². The Morgan fingerprint density at radius 2 is 1.83 bits per heavy atom. The SMILES string of the molecule is CC(CO)(CO)COP([O-])O.[Na+]. The Hall–Kier alpha value is 1.23. The molecule has 12 heavy (non-hydrogen) atoms. The van der Waals surface area contributed by atoms with Gasteiger partial charge >= 0.3 is 29.6 Å². The molecule has 1 unspecified atom stereocenters. The zero-order valence-electron chi connectivity index (χ0n) is 7.23. The van der Waals surface area contributed by atoms with Crippen LogP contribution in [0.1, 0.15) is 6.92 Å². The van der Waals surface area contributed by atoms with Gasteiger partial charge in [-0.2, -0.15) is 0 Å². The molecule has 0 aromatic carbocycles. The van der Waals surface area contributed by atoms with Crippen LogP contribution in [0.15, 0.2) is 0 Å². The second-order valence-electron chi connectivity index (χ2n) is 2.64. The molecule has 7 heteroatoms. The number of rotatable bonds is 5. The van der Waals surface area contributed by atoms with Crippen LogP contribution in [-0.4, -0.2) is 34.9 Å². The van der Waals surface area contributed by atoms with Crippen molar-refractivity contribution in [3.8, 4) is 0 Å². The maximum Gasteiger partial charge on any atom is 1.00 e. The molecule has 1 atom stereocenters. The molecule has 0 spiro atoms. The largest absolute Gasteiger partial charge is 1.00 e. The molecule has 68 valence electrons. The third kappa shape index (κ3) is 6.71. The van der Waals surface area contributed by atoms with E-state index < -0.39 is 14.0 Å². The molecule has 0 aliphatic heterocycles. The molecule has 0 amide bonds. The Labute approximate surface area is 94.7 Å². The van der Waals surface area contributed by atoms with Crippen LogP contribution in [0.25, 0.3) is 0 Å². The molecular formula is C5H12NaO5P. The maximum atomic E-state index is 10.0. The molecule has 0 aliphatic rings. The first-order valence-electron chi connectivity index (χ1n) is 3.05. The topological polar surface area (TPSA) is 93.0 Å². The van der Waals surface area contributed by atoms with E-state index in [0.717, 1.165) is 0 Å². The number of hydrogen-bond donors (Lipinski definition) is 3. The number of aliphatic hydroxyl groups is 2. The molecule has 0 radical (unpaired) electrons. The summed E-state index contributed by atoms with van der Waals surface area (Å²) >= 11 is 0. The summed E-state index contributed by atoms with van der Waals surface area (Å²) in [6.07, 6.45) is 0. The molecular weight excluding hydrogens is 194 g/mol. The van der Waals surface area contributed by atoms with Crippen molar-refractivity contribution in [3.05, 3.63) is 0 Å². The van der Waals surface area contributed by atoms with E-state index in [9.17, 15) is 4.89 Å². The second-order valence-corrected chi connectivity index (χ2v) is 3.37. The quantitative estimate of drug-likeness (QED) is 0.312. The first-order chi connectivity index (χ1) is 5.04. The Kier molecular flexibility index (Phi) is 9.96. The van der Waals surface area contributed by atoms with Crippen LogP contribution in [0.5, 0.6) is 0 Å². The van der Waals surface area contributed by atoms with Crippen molar-refractivity contribution in [2.24, 2.45) is 5.41 Å². The standard InChI is InChI=1S/C5H12O5P.Na/c1-5(2-6,3-7)4-10-11(8)9;/h6-8H,2-4H2,1H3;/q-1;+1. The van der Waals surface area contributed by atoms with Gasteiger partial charge in [0.15, 0.2) is 0 Å². The van der Waals surface area contributed by atoms with Gasteiger partial charge in [0.2, 0.25) is 0 Å². The van der Waals surface area contributed by atoms with Gasteiger partial charge in [0.25, 0.3) is 0 Å². The van der Waals surface area contributed by atoms with E-state index in [1.54, 1.807) is 6.92 Å². The Morgan fingerprint density at radius 1 is 1.42 bits per heavy atom. The summed E-state index contributed by atoms with van der Waals surface area (Å²) in [4.78, 5) is 18.3.